The van der Waals surface area contributed by atoms with Crippen molar-refractivity contribution in [2.45, 2.75) is 75.3 Å². The highest BCUT2D eigenvalue weighted by Gasteiger charge is 2.47. The van der Waals surface area contributed by atoms with Crippen LogP contribution in [-0.4, -0.2) is 139 Å². The fourth-order valence-corrected chi connectivity index (χ4v) is 6.26. The molecule has 4 saturated heterocycles. The summed E-state index contributed by atoms with van der Waals surface area (Å²) in [4.78, 5) is 30.0. The van der Waals surface area contributed by atoms with E-state index in [1.807, 2.05) is 13.8 Å². The number of morpholine rings is 1. The molecule has 4 rings (SSSR count). The predicted molar refractivity (Wildman–Crippen MR) is 120 cm³/mol. The van der Waals surface area contributed by atoms with Gasteiger partial charge < -0.3 is 29.9 Å². The SMILES string of the molecule is CC(C)N1C[C@@H]2C[C@H]1C(=O)N1CCO[C@@H](C1)CN(S(C)(=O)=O)C[C@H]1O[C@@H](CC(=O)N2)[C@H](O)[C@@H]1O. The highest BCUT2D eigenvalue weighted by molar-refractivity contribution is 7.88. The standard InChI is InChI=1S/C21H36N4O8S/c1-12(2)25-8-13-6-15(25)21(29)23-4-5-32-14(9-23)10-24(34(3,30)31)11-17-20(28)19(27)16(33-17)7-18(26)22-13/h12-17,19-20,27-28H,4-11H2,1-3H3,(H,22,26)/t13-,14-,15-,16-,17+,19-,20+/m0/s1. The fourth-order valence-electron chi connectivity index (χ4n) is 5.41. The number of carbonyl (C=O) groups is 2. The number of nitrogens with one attached hydrogen (secondary N) is 1. The number of nitrogens with zero attached hydrogens (tertiary/aromatic N) is 3. The number of carbonyl (C=O) groups excluding carboxylic acids is 2. The molecule has 0 aromatic rings. The Balaban J connectivity index is 1.63. The Kier molecular flexibility index (Phi) is 7.54. The maximum Gasteiger partial charge on any atom is 0.240 e. The van der Waals surface area contributed by atoms with E-state index >= 15 is 0 Å². The number of fused-ring (bicyclic) bond motifs is 6. The molecular formula is C21H36N4O8S. The van der Waals surface area contributed by atoms with Crippen molar-refractivity contribution in [2.75, 3.05) is 45.6 Å². The summed E-state index contributed by atoms with van der Waals surface area (Å²) in [5.41, 5.74) is 0. The lowest BCUT2D eigenvalue weighted by molar-refractivity contribution is -0.144. The van der Waals surface area contributed by atoms with Crippen LogP contribution in [-0.2, 0) is 29.1 Å². The molecule has 6 bridgehead atoms. The van der Waals surface area contributed by atoms with E-state index in [0.29, 0.717) is 19.5 Å². The Labute approximate surface area is 200 Å². The van der Waals surface area contributed by atoms with Gasteiger partial charge in [0.05, 0.1) is 37.5 Å². The van der Waals surface area contributed by atoms with Crippen molar-refractivity contribution >= 4 is 21.8 Å². The van der Waals surface area contributed by atoms with Gasteiger partial charge >= 0.3 is 0 Å². The van der Waals surface area contributed by atoms with Crippen LogP contribution in [0.5, 0.6) is 0 Å². The van der Waals surface area contributed by atoms with E-state index in [1.54, 1.807) is 4.90 Å². The van der Waals surface area contributed by atoms with E-state index in [2.05, 4.69) is 10.2 Å². The van der Waals surface area contributed by atoms with Crippen LogP contribution in [0.15, 0.2) is 0 Å². The number of aliphatic hydroxyl groups is 2. The molecule has 0 aliphatic carbocycles. The molecule has 0 aromatic carbocycles. The Morgan fingerprint density at radius 2 is 1.76 bits per heavy atom. The fraction of sp³-hybridized carbons (Fsp3) is 0.905. The minimum absolute atomic E-state index is 0.0162. The maximum atomic E-state index is 13.5. The molecule has 3 N–H and O–H groups in total. The first-order chi connectivity index (χ1) is 15.9. The molecule has 0 unspecified atom stereocenters. The molecule has 4 aliphatic rings. The quantitative estimate of drug-likeness (QED) is 0.366. The van der Waals surface area contributed by atoms with Crippen LogP contribution in [0.2, 0.25) is 0 Å². The molecule has 0 saturated carbocycles. The second kappa shape index (κ2) is 9.96. The van der Waals surface area contributed by atoms with Crippen molar-refractivity contribution in [2.24, 2.45) is 0 Å². The van der Waals surface area contributed by atoms with Gasteiger partial charge in [-0.1, -0.05) is 0 Å². The van der Waals surface area contributed by atoms with Gasteiger partial charge in [0.2, 0.25) is 21.8 Å². The van der Waals surface area contributed by atoms with Gasteiger partial charge in [0.1, 0.15) is 18.3 Å². The lowest BCUT2D eigenvalue weighted by Gasteiger charge is -2.38. The van der Waals surface area contributed by atoms with Gasteiger partial charge in [-0.25, -0.2) is 8.42 Å². The molecule has 4 heterocycles. The number of likely N-dealkylation sites (tertiary alicyclic amines) is 1. The van der Waals surface area contributed by atoms with Gasteiger partial charge in [-0.15, -0.1) is 0 Å². The van der Waals surface area contributed by atoms with Gasteiger partial charge in [-0.2, -0.15) is 4.31 Å². The Morgan fingerprint density at radius 1 is 1.06 bits per heavy atom. The van der Waals surface area contributed by atoms with E-state index in [4.69, 9.17) is 9.47 Å². The topological polar surface area (TPSA) is 149 Å². The summed E-state index contributed by atoms with van der Waals surface area (Å²) in [5, 5.41) is 23.9. The van der Waals surface area contributed by atoms with Crippen molar-refractivity contribution < 1.29 is 37.7 Å². The third-order valence-electron chi connectivity index (χ3n) is 7.21. The van der Waals surface area contributed by atoms with Crippen LogP contribution in [0.4, 0.5) is 0 Å². The zero-order valence-corrected chi connectivity index (χ0v) is 20.7. The summed E-state index contributed by atoms with van der Waals surface area (Å²) < 4.78 is 37.7. The minimum Gasteiger partial charge on any atom is -0.388 e. The van der Waals surface area contributed by atoms with Crippen LogP contribution in [0.1, 0.15) is 26.7 Å². The predicted octanol–water partition coefficient (Wildman–Crippen LogP) is -2.66. The van der Waals surface area contributed by atoms with E-state index in [0.717, 1.165) is 10.6 Å². The summed E-state index contributed by atoms with van der Waals surface area (Å²) in [7, 11) is -3.71. The number of sulfonamides is 1. The van der Waals surface area contributed by atoms with Crippen molar-refractivity contribution in [3.63, 3.8) is 0 Å². The number of aliphatic hydroxyl groups excluding tert-OH is 2. The first-order valence-corrected chi connectivity index (χ1v) is 13.7. The van der Waals surface area contributed by atoms with Gasteiger partial charge in [0, 0.05) is 44.8 Å². The van der Waals surface area contributed by atoms with Crippen molar-refractivity contribution in [3.8, 4) is 0 Å². The highest BCUT2D eigenvalue weighted by Crippen LogP contribution is 2.28. The summed E-state index contributed by atoms with van der Waals surface area (Å²) >= 11 is 0. The minimum atomic E-state index is -3.71. The largest absolute Gasteiger partial charge is 0.388 e. The maximum absolute atomic E-state index is 13.5. The molecular weight excluding hydrogens is 468 g/mol. The normalized spacial score (nSPS) is 39.0. The lowest BCUT2D eigenvalue weighted by Crippen LogP contribution is -2.55. The molecule has 194 valence electrons. The van der Waals surface area contributed by atoms with Gasteiger partial charge in [-0.05, 0) is 20.3 Å². The van der Waals surface area contributed by atoms with E-state index in [1.165, 1.54) is 0 Å². The van der Waals surface area contributed by atoms with Gasteiger partial charge in [0.15, 0.2) is 0 Å². The summed E-state index contributed by atoms with van der Waals surface area (Å²) in [6.45, 7) is 5.25. The number of amides is 2. The molecule has 0 aromatic heterocycles. The smallest absolute Gasteiger partial charge is 0.240 e. The Bertz CT molecular complexity index is 886. The lowest BCUT2D eigenvalue weighted by atomic mass is 10.0. The second-order valence-corrected chi connectivity index (χ2v) is 12.0. The Hall–Kier alpha value is -1.35. The number of hydrogen-bond acceptors (Lipinski definition) is 9. The van der Waals surface area contributed by atoms with Crippen molar-refractivity contribution in [3.05, 3.63) is 0 Å². The second-order valence-electron chi connectivity index (χ2n) is 10.1. The van der Waals surface area contributed by atoms with E-state index in [-0.39, 0.29) is 56.6 Å². The molecule has 13 heteroatoms. The first kappa shape index (κ1) is 25.7. The van der Waals surface area contributed by atoms with Gasteiger partial charge in [0.25, 0.3) is 0 Å². The monoisotopic (exact) mass is 504 g/mol. The Morgan fingerprint density at radius 3 is 2.44 bits per heavy atom. The average Bonchev–Trinajstić information content (AvgIpc) is 3.29. The zero-order valence-electron chi connectivity index (χ0n) is 19.9. The molecule has 7 atom stereocenters. The molecule has 4 fully saturated rings. The third kappa shape index (κ3) is 5.40. The third-order valence-corrected chi connectivity index (χ3v) is 8.45. The average molecular weight is 505 g/mol. The van der Waals surface area contributed by atoms with E-state index < -0.39 is 46.6 Å². The molecule has 4 aliphatic heterocycles. The number of rotatable bonds is 2. The van der Waals surface area contributed by atoms with Crippen LogP contribution in [0.3, 0.4) is 0 Å². The summed E-state index contributed by atoms with van der Waals surface area (Å²) in [6, 6.07) is -0.539. The van der Waals surface area contributed by atoms with Crippen LogP contribution in [0, 0.1) is 0 Å². The molecule has 2 amide bonds. The zero-order chi connectivity index (χ0) is 24.8. The van der Waals surface area contributed by atoms with E-state index in [9.17, 15) is 28.2 Å². The molecule has 0 spiro atoms. The van der Waals surface area contributed by atoms with Crippen LogP contribution in [0.25, 0.3) is 0 Å². The first-order valence-electron chi connectivity index (χ1n) is 11.9. The number of ether oxygens (including phenoxy) is 2. The molecule has 34 heavy (non-hydrogen) atoms. The van der Waals surface area contributed by atoms with Gasteiger partial charge in [-0.3, -0.25) is 14.5 Å². The van der Waals surface area contributed by atoms with Crippen LogP contribution < -0.4 is 5.32 Å². The summed E-state index contributed by atoms with van der Waals surface area (Å²) in [6.07, 6.45) is -3.82. The number of hydrogen-bond donors (Lipinski definition) is 3. The summed E-state index contributed by atoms with van der Waals surface area (Å²) in [5.74, 6) is -0.400. The highest BCUT2D eigenvalue weighted by atomic mass is 32.2. The van der Waals surface area contributed by atoms with Crippen molar-refractivity contribution in [1.82, 2.24) is 19.4 Å². The van der Waals surface area contributed by atoms with Crippen LogP contribution >= 0.6 is 0 Å². The molecule has 0 radical (unpaired) electrons. The molecule has 12 nitrogen and oxygen atoms in total. The van der Waals surface area contributed by atoms with Crippen molar-refractivity contribution in [1.29, 1.82) is 0 Å².